The summed E-state index contributed by atoms with van der Waals surface area (Å²) in [6.45, 7) is 5.95. The normalized spacial score (nSPS) is 10.7. The molecule has 0 spiro atoms. The minimum atomic E-state index is -0.876. The van der Waals surface area contributed by atoms with Gasteiger partial charge in [-0.05, 0) is 37.7 Å². The monoisotopic (exact) mass is 281 g/mol. The number of aromatic nitrogens is 1. The summed E-state index contributed by atoms with van der Waals surface area (Å²) < 4.78 is 0. The number of hydrogen-bond acceptors (Lipinski definition) is 3. The second-order valence-electron chi connectivity index (χ2n) is 4.83. The number of carboxylic acids is 1. The average Bonchev–Trinajstić information content (AvgIpc) is 2.32. The smallest absolute Gasteiger partial charge is 0.338 e. The minimum absolute atomic E-state index is 0.365. The van der Waals surface area contributed by atoms with Gasteiger partial charge in [0.15, 0.2) is 0 Å². The van der Waals surface area contributed by atoms with Crippen molar-refractivity contribution in [2.24, 2.45) is 0 Å². The summed E-state index contributed by atoms with van der Waals surface area (Å²) in [5, 5.41) is 9.92. The molecule has 0 radical (unpaired) electrons. The van der Waals surface area contributed by atoms with Gasteiger partial charge >= 0.3 is 5.97 Å². The Hall–Kier alpha value is -1.03. The van der Waals surface area contributed by atoms with Crippen LogP contribution >= 0.6 is 11.8 Å². The van der Waals surface area contributed by atoms with Gasteiger partial charge in [-0.3, -0.25) is 0 Å². The molecule has 0 aliphatic rings. The molecule has 106 valence electrons. The zero-order chi connectivity index (χ0) is 14.3. The molecule has 0 amide bonds. The maximum atomic E-state index is 11.3. The Kier molecular flexibility index (Phi) is 6.92. The summed E-state index contributed by atoms with van der Waals surface area (Å²) in [6, 6.07) is 1.83. The molecule has 1 N–H and O–H groups in total. The van der Waals surface area contributed by atoms with Crippen molar-refractivity contribution in [1.29, 1.82) is 0 Å². The molecule has 0 aromatic carbocycles. The predicted molar refractivity (Wildman–Crippen MR) is 80.2 cm³/mol. The van der Waals surface area contributed by atoms with E-state index < -0.39 is 5.97 Å². The Balaban J connectivity index is 2.59. The number of nitrogens with zero attached hydrogens (tertiary/aromatic N) is 1. The number of unbranched alkanes of at least 4 members (excludes halogenated alkanes) is 4. The Morgan fingerprint density at radius 2 is 1.95 bits per heavy atom. The van der Waals surface area contributed by atoms with Crippen molar-refractivity contribution in [3.05, 3.63) is 22.9 Å². The highest BCUT2D eigenvalue weighted by Gasteiger charge is 2.15. The van der Waals surface area contributed by atoms with E-state index in [1.165, 1.54) is 25.7 Å². The minimum Gasteiger partial charge on any atom is -0.478 e. The lowest BCUT2D eigenvalue weighted by Gasteiger charge is -2.09. The fourth-order valence-corrected chi connectivity index (χ4v) is 3.18. The van der Waals surface area contributed by atoms with Gasteiger partial charge in [-0.2, -0.15) is 0 Å². The quantitative estimate of drug-likeness (QED) is 0.564. The summed E-state index contributed by atoms with van der Waals surface area (Å²) in [5.74, 6) is 0.0679. The fraction of sp³-hybridized carbons (Fsp3) is 0.600. The number of pyridine rings is 1. The van der Waals surface area contributed by atoms with Crippen LogP contribution in [0.25, 0.3) is 0 Å². The molecule has 0 unspecified atom stereocenters. The van der Waals surface area contributed by atoms with Crippen molar-refractivity contribution < 1.29 is 9.90 Å². The van der Waals surface area contributed by atoms with Gasteiger partial charge in [0.25, 0.3) is 0 Å². The van der Waals surface area contributed by atoms with E-state index in [9.17, 15) is 9.90 Å². The molecule has 3 nitrogen and oxygen atoms in total. The van der Waals surface area contributed by atoms with Crippen LogP contribution in [0.4, 0.5) is 0 Å². The molecule has 1 aromatic rings. The van der Waals surface area contributed by atoms with Crippen molar-refractivity contribution in [1.82, 2.24) is 4.98 Å². The van der Waals surface area contributed by atoms with Gasteiger partial charge in [0.05, 0.1) is 5.56 Å². The van der Waals surface area contributed by atoms with Crippen molar-refractivity contribution in [3.63, 3.8) is 0 Å². The molecule has 1 rings (SSSR count). The summed E-state index contributed by atoms with van der Waals surface area (Å²) in [5.41, 5.74) is 2.05. The van der Waals surface area contributed by atoms with Gasteiger partial charge < -0.3 is 5.11 Å². The first kappa shape index (κ1) is 16.0. The molecule has 1 heterocycles. The molecule has 19 heavy (non-hydrogen) atoms. The van der Waals surface area contributed by atoms with Crippen LogP contribution < -0.4 is 0 Å². The highest BCUT2D eigenvalue weighted by molar-refractivity contribution is 7.99. The highest BCUT2D eigenvalue weighted by Crippen LogP contribution is 2.25. The summed E-state index contributed by atoms with van der Waals surface area (Å²) in [4.78, 5) is 15.6. The van der Waals surface area contributed by atoms with Crippen molar-refractivity contribution in [3.8, 4) is 0 Å². The van der Waals surface area contributed by atoms with E-state index in [0.29, 0.717) is 10.6 Å². The average molecular weight is 281 g/mol. The van der Waals surface area contributed by atoms with E-state index in [2.05, 4.69) is 11.9 Å². The van der Waals surface area contributed by atoms with Gasteiger partial charge in [-0.1, -0.05) is 32.6 Å². The SMILES string of the molecule is CCCCCCCSc1nc(C)cc(C)c1C(=O)O. The molecule has 0 aliphatic carbocycles. The Morgan fingerprint density at radius 1 is 1.26 bits per heavy atom. The van der Waals surface area contributed by atoms with Gasteiger partial charge in [0.2, 0.25) is 0 Å². The van der Waals surface area contributed by atoms with E-state index in [1.54, 1.807) is 11.8 Å². The van der Waals surface area contributed by atoms with E-state index >= 15 is 0 Å². The number of carboxylic acid groups (broad SMARTS) is 1. The largest absolute Gasteiger partial charge is 0.478 e. The van der Waals surface area contributed by atoms with E-state index in [4.69, 9.17) is 0 Å². The predicted octanol–water partition coefficient (Wildman–Crippen LogP) is 4.46. The van der Waals surface area contributed by atoms with Crippen LogP contribution in [0.5, 0.6) is 0 Å². The summed E-state index contributed by atoms with van der Waals surface area (Å²) >= 11 is 1.57. The number of thioether (sulfide) groups is 1. The van der Waals surface area contributed by atoms with Gasteiger partial charge in [-0.25, -0.2) is 9.78 Å². The molecule has 0 saturated heterocycles. The van der Waals surface area contributed by atoms with Crippen molar-refractivity contribution >= 4 is 17.7 Å². The molecular formula is C15H23NO2S. The maximum absolute atomic E-state index is 11.3. The standard InChI is InChI=1S/C15H23NO2S/c1-4-5-6-7-8-9-19-14-13(15(17)18)11(2)10-12(3)16-14/h10H,4-9H2,1-3H3,(H,17,18). The van der Waals surface area contributed by atoms with E-state index in [-0.39, 0.29) is 0 Å². The first-order valence-corrected chi connectivity index (χ1v) is 7.89. The molecular weight excluding hydrogens is 258 g/mol. The van der Waals surface area contributed by atoms with E-state index in [0.717, 1.165) is 23.4 Å². The zero-order valence-corrected chi connectivity index (χ0v) is 12.8. The second kappa shape index (κ2) is 8.20. The Labute approximate surface area is 119 Å². The zero-order valence-electron chi connectivity index (χ0n) is 12.0. The number of hydrogen-bond donors (Lipinski definition) is 1. The molecule has 1 aromatic heterocycles. The van der Waals surface area contributed by atoms with Crippen LogP contribution in [0.3, 0.4) is 0 Å². The second-order valence-corrected chi connectivity index (χ2v) is 5.91. The number of carbonyl (C=O) groups is 1. The van der Waals surface area contributed by atoms with Crippen LogP contribution in [0, 0.1) is 13.8 Å². The first-order chi connectivity index (χ1) is 9.06. The van der Waals surface area contributed by atoms with Crippen LogP contribution in [-0.4, -0.2) is 21.8 Å². The van der Waals surface area contributed by atoms with Crippen molar-refractivity contribution in [2.75, 3.05) is 5.75 Å². The highest BCUT2D eigenvalue weighted by atomic mass is 32.2. The van der Waals surface area contributed by atoms with Crippen LogP contribution in [0.2, 0.25) is 0 Å². The molecule has 0 bridgehead atoms. The fourth-order valence-electron chi connectivity index (χ4n) is 2.04. The number of aryl methyl sites for hydroxylation is 2. The maximum Gasteiger partial charge on any atom is 0.338 e. The molecule has 0 aliphatic heterocycles. The van der Waals surface area contributed by atoms with Gasteiger partial charge in [-0.15, -0.1) is 11.8 Å². The number of aromatic carboxylic acids is 1. The molecule has 4 heteroatoms. The topological polar surface area (TPSA) is 50.2 Å². The van der Waals surface area contributed by atoms with Crippen LogP contribution in [-0.2, 0) is 0 Å². The third-order valence-electron chi connectivity index (χ3n) is 3.01. The lowest BCUT2D eigenvalue weighted by Crippen LogP contribution is -2.05. The number of rotatable bonds is 8. The summed E-state index contributed by atoms with van der Waals surface area (Å²) in [6.07, 6.45) is 6.14. The molecule has 0 fully saturated rings. The lowest BCUT2D eigenvalue weighted by atomic mass is 10.1. The lowest BCUT2D eigenvalue weighted by molar-refractivity contribution is 0.0691. The van der Waals surface area contributed by atoms with Crippen LogP contribution in [0.15, 0.2) is 11.1 Å². The van der Waals surface area contributed by atoms with Crippen LogP contribution in [0.1, 0.15) is 60.6 Å². The Morgan fingerprint density at radius 3 is 2.58 bits per heavy atom. The van der Waals surface area contributed by atoms with Gasteiger partial charge in [0, 0.05) is 5.69 Å². The van der Waals surface area contributed by atoms with Gasteiger partial charge in [0.1, 0.15) is 5.03 Å². The third-order valence-corrected chi connectivity index (χ3v) is 4.07. The third kappa shape index (κ3) is 5.23. The van der Waals surface area contributed by atoms with E-state index in [1.807, 2.05) is 19.9 Å². The molecule has 0 atom stereocenters. The first-order valence-electron chi connectivity index (χ1n) is 6.90. The Bertz CT molecular complexity index is 432. The molecule has 0 saturated carbocycles. The van der Waals surface area contributed by atoms with Crippen molar-refractivity contribution in [2.45, 2.75) is 57.9 Å². The summed E-state index contributed by atoms with van der Waals surface area (Å²) in [7, 11) is 0.